The molecule has 0 radical (unpaired) electrons. The van der Waals surface area contributed by atoms with E-state index in [1.54, 1.807) is 18.2 Å². The predicted molar refractivity (Wildman–Crippen MR) is 99.8 cm³/mol. The van der Waals surface area contributed by atoms with E-state index in [9.17, 15) is 20.2 Å². The van der Waals surface area contributed by atoms with Gasteiger partial charge >= 0.3 is 0 Å². The van der Waals surface area contributed by atoms with Crippen LogP contribution in [0.5, 0.6) is 0 Å². The Morgan fingerprint density at radius 3 is 2.04 bits per heavy atom. The average molecular weight is 360 g/mol. The Hall–Kier alpha value is -4.07. The van der Waals surface area contributed by atoms with Crippen LogP contribution in [0.3, 0.4) is 0 Å². The largest absolute Gasteiger partial charge is 0.292 e. The molecule has 4 aromatic rings. The molecular weight excluding hydrogens is 348 g/mol. The maximum Gasteiger partial charge on any atom is 0.271 e. The number of rotatable bonds is 4. The Kier molecular flexibility index (Phi) is 3.85. The number of benzene rings is 3. The van der Waals surface area contributed by atoms with Crippen molar-refractivity contribution in [1.29, 1.82) is 0 Å². The molecule has 8 heteroatoms. The summed E-state index contributed by atoms with van der Waals surface area (Å²) in [5, 5.41) is 22.0. The number of nitro groups is 2. The highest BCUT2D eigenvalue weighted by molar-refractivity contribution is 5.85. The fraction of sp³-hybridized carbons (Fsp3) is 0. The number of hydrogen-bond acceptors (Lipinski definition) is 5. The van der Waals surface area contributed by atoms with Crippen LogP contribution in [0, 0.1) is 20.2 Å². The van der Waals surface area contributed by atoms with E-state index in [2.05, 4.69) is 4.98 Å². The number of non-ortho nitro benzene ring substituents is 2. The average Bonchev–Trinajstić information content (AvgIpc) is 3.07. The molecule has 0 bridgehead atoms. The van der Waals surface area contributed by atoms with Crippen molar-refractivity contribution >= 4 is 22.4 Å². The van der Waals surface area contributed by atoms with E-state index in [4.69, 9.17) is 0 Å². The number of imidazole rings is 1. The molecule has 0 saturated carbocycles. The number of nitrogens with zero attached hydrogens (tertiary/aromatic N) is 4. The van der Waals surface area contributed by atoms with Gasteiger partial charge in [-0.25, -0.2) is 4.98 Å². The van der Waals surface area contributed by atoms with Crippen molar-refractivity contribution in [1.82, 2.24) is 9.55 Å². The van der Waals surface area contributed by atoms with E-state index < -0.39 is 9.85 Å². The van der Waals surface area contributed by atoms with Gasteiger partial charge in [0.2, 0.25) is 0 Å². The standard InChI is InChI=1S/C19H12N4O4/c24-22(25)15-8-6-13(7-9-15)19-20-17-12-16(23(26)27)10-11-18(17)21(19)14-4-2-1-3-5-14/h1-12H. The Morgan fingerprint density at radius 1 is 0.778 bits per heavy atom. The van der Waals surface area contributed by atoms with Crippen molar-refractivity contribution in [2.45, 2.75) is 0 Å². The SMILES string of the molecule is O=[N+]([O-])c1ccc(-c2nc3cc([N+](=O)[O-])ccc3n2-c2ccccc2)cc1. The van der Waals surface area contributed by atoms with Crippen molar-refractivity contribution in [2.75, 3.05) is 0 Å². The first-order valence-corrected chi connectivity index (χ1v) is 8.02. The highest BCUT2D eigenvalue weighted by atomic mass is 16.6. The third kappa shape index (κ3) is 2.89. The Morgan fingerprint density at radius 2 is 1.41 bits per heavy atom. The van der Waals surface area contributed by atoms with Crippen LogP contribution in [0.15, 0.2) is 72.8 Å². The minimum Gasteiger partial charge on any atom is -0.292 e. The van der Waals surface area contributed by atoms with Crippen molar-refractivity contribution in [3.05, 3.63) is 93.0 Å². The second-order valence-electron chi connectivity index (χ2n) is 5.84. The van der Waals surface area contributed by atoms with Gasteiger partial charge in [0.1, 0.15) is 5.82 Å². The van der Waals surface area contributed by atoms with Gasteiger partial charge in [0.05, 0.1) is 20.9 Å². The van der Waals surface area contributed by atoms with E-state index in [0.29, 0.717) is 22.4 Å². The number of nitro benzene ring substituents is 2. The van der Waals surface area contributed by atoms with Gasteiger partial charge in [-0.1, -0.05) is 18.2 Å². The molecule has 0 fully saturated rings. The third-order valence-electron chi connectivity index (χ3n) is 4.20. The second kappa shape index (κ2) is 6.34. The number of fused-ring (bicyclic) bond motifs is 1. The molecule has 0 spiro atoms. The molecule has 0 atom stereocenters. The zero-order chi connectivity index (χ0) is 19.0. The van der Waals surface area contributed by atoms with Gasteiger partial charge in [-0.2, -0.15) is 0 Å². The van der Waals surface area contributed by atoms with Crippen LogP contribution in [-0.4, -0.2) is 19.4 Å². The third-order valence-corrected chi connectivity index (χ3v) is 4.20. The minimum atomic E-state index is -0.466. The van der Waals surface area contributed by atoms with Crippen LogP contribution in [0.1, 0.15) is 0 Å². The maximum atomic E-state index is 11.1. The molecule has 0 amide bonds. The Labute approximate surface area is 152 Å². The molecule has 4 rings (SSSR count). The van der Waals surface area contributed by atoms with Crippen molar-refractivity contribution < 1.29 is 9.85 Å². The fourth-order valence-electron chi connectivity index (χ4n) is 2.95. The topological polar surface area (TPSA) is 104 Å². The molecule has 1 heterocycles. The van der Waals surface area contributed by atoms with Crippen molar-refractivity contribution in [3.8, 4) is 17.1 Å². The molecule has 0 saturated heterocycles. The number of aromatic nitrogens is 2. The molecule has 132 valence electrons. The van der Waals surface area contributed by atoms with Gasteiger partial charge in [0.15, 0.2) is 0 Å². The minimum absolute atomic E-state index is 0.0169. The van der Waals surface area contributed by atoms with E-state index in [0.717, 1.165) is 5.69 Å². The van der Waals surface area contributed by atoms with Crippen LogP contribution in [0.4, 0.5) is 11.4 Å². The van der Waals surface area contributed by atoms with Gasteiger partial charge < -0.3 is 0 Å². The van der Waals surface area contributed by atoms with E-state index >= 15 is 0 Å². The molecule has 0 aliphatic rings. The van der Waals surface area contributed by atoms with Crippen molar-refractivity contribution in [3.63, 3.8) is 0 Å². The zero-order valence-corrected chi connectivity index (χ0v) is 13.9. The molecule has 3 aromatic carbocycles. The normalized spacial score (nSPS) is 10.8. The molecular formula is C19H12N4O4. The predicted octanol–water partition coefficient (Wildman–Crippen LogP) is 4.51. The van der Waals surface area contributed by atoms with Crippen LogP contribution < -0.4 is 0 Å². The zero-order valence-electron chi connectivity index (χ0n) is 13.9. The van der Waals surface area contributed by atoms with Gasteiger partial charge in [0.25, 0.3) is 11.4 Å². The summed E-state index contributed by atoms with van der Waals surface area (Å²) in [5.41, 5.74) is 2.62. The fourth-order valence-corrected chi connectivity index (χ4v) is 2.95. The van der Waals surface area contributed by atoms with Gasteiger partial charge in [-0.3, -0.25) is 24.8 Å². The Bertz CT molecular complexity index is 1170. The van der Waals surface area contributed by atoms with Crippen LogP contribution in [-0.2, 0) is 0 Å². The summed E-state index contributed by atoms with van der Waals surface area (Å²) in [6.45, 7) is 0. The lowest BCUT2D eigenvalue weighted by atomic mass is 10.2. The molecule has 8 nitrogen and oxygen atoms in total. The summed E-state index contributed by atoms with van der Waals surface area (Å²) in [6, 6.07) is 20.0. The number of hydrogen-bond donors (Lipinski definition) is 0. The van der Waals surface area contributed by atoms with Crippen LogP contribution >= 0.6 is 0 Å². The first kappa shape index (κ1) is 16.4. The molecule has 1 aromatic heterocycles. The maximum absolute atomic E-state index is 11.1. The summed E-state index contributed by atoms with van der Waals surface area (Å²) in [4.78, 5) is 25.6. The Balaban J connectivity index is 1.97. The van der Waals surface area contributed by atoms with Crippen molar-refractivity contribution in [2.24, 2.45) is 0 Å². The summed E-state index contributed by atoms with van der Waals surface area (Å²) >= 11 is 0. The lowest BCUT2D eigenvalue weighted by molar-refractivity contribution is -0.385. The quantitative estimate of drug-likeness (QED) is 0.393. The van der Waals surface area contributed by atoms with Gasteiger partial charge in [-0.05, 0) is 30.3 Å². The summed E-state index contributed by atoms with van der Waals surface area (Å²) in [5.74, 6) is 0.548. The first-order valence-electron chi connectivity index (χ1n) is 8.02. The number of para-hydroxylation sites is 1. The van der Waals surface area contributed by atoms with E-state index in [1.807, 2.05) is 34.9 Å². The molecule has 0 N–H and O–H groups in total. The summed E-state index contributed by atoms with van der Waals surface area (Å²) in [7, 11) is 0. The monoisotopic (exact) mass is 360 g/mol. The summed E-state index contributed by atoms with van der Waals surface area (Å²) in [6.07, 6.45) is 0. The summed E-state index contributed by atoms with van der Waals surface area (Å²) < 4.78 is 1.88. The van der Waals surface area contributed by atoms with Crippen LogP contribution in [0.2, 0.25) is 0 Å². The molecule has 27 heavy (non-hydrogen) atoms. The van der Waals surface area contributed by atoms with Gasteiger partial charge in [0, 0.05) is 35.5 Å². The molecule has 0 unspecified atom stereocenters. The highest BCUT2D eigenvalue weighted by Gasteiger charge is 2.17. The lowest BCUT2D eigenvalue weighted by Crippen LogP contribution is -1.97. The molecule has 0 aliphatic carbocycles. The van der Waals surface area contributed by atoms with Crippen LogP contribution in [0.25, 0.3) is 28.1 Å². The lowest BCUT2D eigenvalue weighted by Gasteiger charge is -2.09. The van der Waals surface area contributed by atoms with Gasteiger partial charge in [-0.15, -0.1) is 0 Å². The smallest absolute Gasteiger partial charge is 0.271 e. The van der Waals surface area contributed by atoms with E-state index in [-0.39, 0.29) is 11.4 Å². The van der Waals surface area contributed by atoms with E-state index in [1.165, 1.54) is 24.3 Å². The highest BCUT2D eigenvalue weighted by Crippen LogP contribution is 2.31. The first-order chi connectivity index (χ1) is 13.0. The molecule has 0 aliphatic heterocycles. The second-order valence-corrected chi connectivity index (χ2v) is 5.84.